The Morgan fingerprint density at radius 2 is 1.81 bits per heavy atom. The van der Waals surface area contributed by atoms with Crippen LogP contribution in [0, 0.1) is 0 Å². The maximum atomic E-state index is 11.9. The molecule has 21 heavy (non-hydrogen) atoms. The molecule has 0 aromatic heterocycles. The quantitative estimate of drug-likeness (QED) is 0.616. The van der Waals surface area contributed by atoms with Crippen LogP contribution in [-0.4, -0.2) is 29.7 Å². The first kappa shape index (κ1) is 15.3. The molecule has 0 radical (unpaired) electrons. The van der Waals surface area contributed by atoms with Crippen molar-refractivity contribution in [2.75, 3.05) is 13.1 Å². The Kier molecular flexibility index (Phi) is 4.78. The molecule has 1 aliphatic heterocycles. The summed E-state index contributed by atoms with van der Waals surface area (Å²) in [6.45, 7) is 10.1. The minimum atomic E-state index is -0.384. The fourth-order valence-corrected chi connectivity index (χ4v) is 2.22. The molecule has 112 valence electrons. The first-order chi connectivity index (χ1) is 10.1. The van der Waals surface area contributed by atoms with Gasteiger partial charge in [-0.25, -0.2) is 4.79 Å². The summed E-state index contributed by atoms with van der Waals surface area (Å²) in [5.74, 6) is 0.0953. The van der Waals surface area contributed by atoms with Crippen molar-refractivity contribution in [3.05, 3.63) is 47.2 Å². The number of nitrogens with zero attached hydrogens (tertiary/aromatic N) is 2. The Balaban J connectivity index is 2.31. The molecule has 1 aromatic carbocycles. The molecule has 0 saturated carbocycles. The van der Waals surface area contributed by atoms with Crippen molar-refractivity contribution in [1.82, 2.24) is 4.90 Å². The van der Waals surface area contributed by atoms with Crippen LogP contribution < -0.4 is 0 Å². The summed E-state index contributed by atoms with van der Waals surface area (Å²) in [7, 11) is 0. The molecule has 1 aromatic rings. The standard InChI is InChI=1S/C17H22N2O2/c1-5-19(6-2)11-15-16(18-21-17(15)20)14-9-7-13(8-10-14)12(3)4/h7-12H,5-6H2,1-4H3. The van der Waals surface area contributed by atoms with E-state index in [0.29, 0.717) is 17.2 Å². The van der Waals surface area contributed by atoms with E-state index in [1.165, 1.54) is 5.56 Å². The zero-order valence-electron chi connectivity index (χ0n) is 13.1. The lowest BCUT2D eigenvalue weighted by Crippen LogP contribution is -2.19. The van der Waals surface area contributed by atoms with Crippen LogP contribution in [0.15, 0.2) is 41.2 Å². The third-order valence-electron chi connectivity index (χ3n) is 3.67. The third kappa shape index (κ3) is 3.32. The predicted octanol–water partition coefficient (Wildman–Crippen LogP) is 3.30. The van der Waals surface area contributed by atoms with Crippen LogP contribution >= 0.6 is 0 Å². The topological polar surface area (TPSA) is 41.9 Å². The summed E-state index contributed by atoms with van der Waals surface area (Å²) in [5, 5.41) is 3.94. The highest BCUT2D eigenvalue weighted by molar-refractivity contribution is 6.28. The summed E-state index contributed by atoms with van der Waals surface area (Å²) in [5.41, 5.74) is 3.31. The summed E-state index contributed by atoms with van der Waals surface area (Å²) >= 11 is 0. The first-order valence-electron chi connectivity index (χ1n) is 7.42. The van der Waals surface area contributed by atoms with Crippen LogP contribution in [0.4, 0.5) is 0 Å². The van der Waals surface area contributed by atoms with E-state index in [1.54, 1.807) is 0 Å². The Bertz CT molecular complexity index is 567. The van der Waals surface area contributed by atoms with Crippen molar-refractivity contribution in [2.45, 2.75) is 33.6 Å². The summed E-state index contributed by atoms with van der Waals surface area (Å²) < 4.78 is 0. The molecule has 4 nitrogen and oxygen atoms in total. The largest absolute Gasteiger partial charge is 0.377 e. The number of carbonyl (C=O) groups excluding carboxylic acids is 1. The van der Waals surface area contributed by atoms with Gasteiger partial charge in [0, 0.05) is 24.9 Å². The molecule has 0 unspecified atom stereocenters. The first-order valence-corrected chi connectivity index (χ1v) is 7.42. The van der Waals surface area contributed by atoms with Gasteiger partial charge < -0.3 is 9.74 Å². The number of hydrogen-bond donors (Lipinski definition) is 0. The van der Waals surface area contributed by atoms with Crippen LogP contribution in [0.5, 0.6) is 0 Å². The summed E-state index contributed by atoms with van der Waals surface area (Å²) in [4.78, 5) is 18.8. The van der Waals surface area contributed by atoms with Crippen LogP contribution in [0.1, 0.15) is 44.7 Å². The van der Waals surface area contributed by atoms with Crippen LogP contribution in [-0.2, 0) is 9.63 Å². The SMILES string of the molecule is CCN(C=C1C(=O)ON=C1c1ccc(C(C)C)cc1)CC. The molecule has 1 heterocycles. The highest BCUT2D eigenvalue weighted by Crippen LogP contribution is 2.21. The van der Waals surface area contributed by atoms with Gasteiger partial charge in [-0.3, -0.25) is 0 Å². The monoisotopic (exact) mass is 286 g/mol. The zero-order valence-corrected chi connectivity index (χ0v) is 13.1. The smallest absolute Gasteiger partial charge is 0.369 e. The maximum Gasteiger partial charge on any atom is 0.369 e. The zero-order chi connectivity index (χ0) is 15.4. The highest BCUT2D eigenvalue weighted by Gasteiger charge is 2.27. The van der Waals surface area contributed by atoms with Gasteiger partial charge in [0.2, 0.25) is 0 Å². The molecule has 0 N–H and O–H groups in total. The minimum absolute atomic E-state index is 0.384. The van der Waals surface area contributed by atoms with Crippen molar-refractivity contribution in [2.24, 2.45) is 5.16 Å². The number of benzene rings is 1. The van der Waals surface area contributed by atoms with Crippen LogP contribution in [0.2, 0.25) is 0 Å². The molecule has 2 rings (SSSR count). The second-order valence-corrected chi connectivity index (χ2v) is 5.36. The second-order valence-electron chi connectivity index (χ2n) is 5.36. The van der Waals surface area contributed by atoms with Crippen molar-refractivity contribution in [3.8, 4) is 0 Å². The van der Waals surface area contributed by atoms with E-state index in [4.69, 9.17) is 4.84 Å². The van der Waals surface area contributed by atoms with Crippen molar-refractivity contribution < 1.29 is 9.63 Å². The molecule has 0 spiro atoms. The summed E-state index contributed by atoms with van der Waals surface area (Å²) in [6.07, 6.45) is 1.84. The number of hydrogen-bond acceptors (Lipinski definition) is 4. The number of rotatable bonds is 5. The van der Waals surface area contributed by atoms with Gasteiger partial charge in [0.05, 0.1) is 0 Å². The number of oxime groups is 1. The normalized spacial score (nSPS) is 16.3. The van der Waals surface area contributed by atoms with E-state index < -0.39 is 0 Å². The molecule has 0 fully saturated rings. The van der Waals surface area contributed by atoms with E-state index in [0.717, 1.165) is 18.7 Å². The Hall–Kier alpha value is -2.10. The highest BCUT2D eigenvalue weighted by atomic mass is 16.7. The van der Waals surface area contributed by atoms with Crippen LogP contribution in [0.25, 0.3) is 0 Å². The third-order valence-corrected chi connectivity index (χ3v) is 3.67. The van der Waals surface area contributed by atoms with Gasteiger partial charge in [0.1, 0.15) is 11.3 Å². The van der Waals surface area contributed by atoms with Crippen molar-refractivity contribution in [3.63, 3.8) is 0 Å². The van der Waals surface area contributed by atoms with Gasteiger partial charge in [-0.15, -0.1) is 0 Å². The average Bonchev–Trinajstić information content (AvgIpc) is 2.85. The Morgan fingerprint density at radius 3 is 2.33 bits per heavy atom. The molecule has 0 saturated heterocycles. The van der Waals surface area contributed by atoms with Crippen molar-refractivity contribution >= 4 is 11.7 Å². The molecule has 0 atom stereocenters. The molecular formula is C17H22N2O2. The molecule has 4 heteroatoms. The number of carbonyl (C=O) groups is 1. The fourth-order valence-electron chi connectivity index (χ4n) is 2.22. The molecule has 0 amide bonds. The molecule has 0 bridgehead atoms. The molecule has 0 aliphatic carbocycles. The van der Waals surface area contributed by atoms with E-state index in [9.17, 15) is 4.79 Å². The fraction of sp³-hybridized carbons (Fsp3) is 0.412. The predicted molar refractivity (Wildman–Crippen MR) is 84.2 cm³/mol. The Morgan fingerprint density at radius 1 is 1.19 bits per heavy atom. The van der Waals surface area contributed by atoms with E-state index in [-0.39, 0.29) is 5.97 Å². The summed E-state index contributed by atoms with van der Waals surface area (Å²) in [6, 6.07) is 8.12. The lowest BCUT2D eigenvalue weighted by Gasteiger charge is -2.16. The van der Waals surface area contributed by atoms with Crippen molar-refractivity contribution in [1.29, 1.82) is 0 Å². The second kappa shape index (κ2) is 6.57. The van der Waals surface area contributed by atoms with Crippen LogP contribution in [0.3, 0.4) is 0 Å². The molecule has 1 aliphatic rings. The van der Waals surface area contributed by atoms with E-state index in [1.807, 2.05) is 18.3 Å². The lowest BCUT2D eigenvalue weighted by atomic mass is 9.98. The molecular weight excluding hydrogens is 264 g/mol. The van der Waals surface area contributed by atoms with Gasteiger partial charge in [0.25, 0.3) is 0 Å². The Labute approximate surface area is 126 Å². The van der Waals surface area contributed by atoms with Gasteiger partial charge in [0.15, 0.2) is 0 Å². The minimum Gasteiger partial charge on any atom is -0.377 e. The lowest BCUT2D eigenvalue weighted by molar-refractivity contribution is -0.136. The van der Waals surface area contributed by atoms with Gasteiger partial charge in [-0.2, -0.15) is 0 Å². The maximum absolute atomic E-state index is 11.9. The van der Waals surface area contributed by atoms with Gasteiger partial charge in [-0.1, -0.05) is 43.3 Å². The van der Waals surface area contributed by atoms with Gasteiger partial charge >= 0.3 is 5.97 Å². The average molecular weight is 286 g/mol. The van der Waals surface area contributed by atoms with E-state index in [2.05, 4.69) is 49.9 Å². The van der Waals surface area contributed by atoms with Gasteiger partial charge in [-0.05, 0) is 25.3 Å². The van der Waals surface area contributed by atoms with E-state index >= 15 is 0 Å².